The topological polar surface area (TPSA) is 28.1 Å². The molecule has 0 saturated carbocycles. The van der Waals surface area contributed by atoms with Gasteiger partial charge in [-0.25, -0.2) is 10.1 Å². The largest absolute Gasteiger partial charge is 0.380 e. The quantitative estimate of drug-likeness (QED) is 0.201. The molecule has 0 fully saturated rings. The van der Waals surface area contributed by atoms with E-state index in [1.54, 1.807) is 30.3 Å². The third-order valence-corrected chi connectivity index (χ3v) is 6.78. The molecule has 35 heavy (non-hydrogen) atoms. The Balaban J connectivity index is 2.15. The zero-order chi connectivity index (χ0) is 25.6. The van der Waals surface area contributed by atoms with Crippen LogP contribution >= 0.6 is 11.3 Å². The van der Waals surface area contributed by atoms with Gasteiger partial charge in [0.05, 0.1) is 12.6 Å². The highest BCUT2D eigenvalue weighted by atomic mass is 32.1. The summed E-state index contributed by atoms with van der Waals surface area (Å²) in [6.45, 7) is 8.63. The van der Waals surface area contributed by atoms with Crippen molar-refractivity contribution in [2.75, 3.05) is 0 Å². The molecule has 4 rings (SSSR count). The molecule has 1 aliphatic carbocycles. The van der Waals surface area contributed by atoms with Crippen molar-refractivity contribution >= 4 is 22.5 Å². The van der Waals surface area contributed by atoms with Crippen LogP contribution in [0.25, 0.3) is 26.4 Å². The maximum Gasteiger partial charge on any atom is 0.380 e. The predicted molar refractivity (Wildman–Crippen MR) is 122 cm³/mol. The summed E-state index contributed by atoms with van der Waals surface area (Å²) in [6, 6.07) is 17.6. The molecular formula is C26H14F6N2S. The molecule has 2 nitrogen and oxygen atoms in total. The van der Waals surface area contributed by atoms with Crippen molar-refractivity contribution in [3.63, 3.8) is 0 Å². The number of allylic oxidation sites excluding steroid dienone is 4. The predicted octanol–water partition coefficient (Wildman–Crippen LogP) is 8.25. The van der Waals surface area contributed by atoms with Crippen LogP contribution in [0.5, 0.6) is 0 Å². The zero-order valence-electron chi connectivity index (χ0n) is 17.9. The van der Waals surface area contributed by atoms with Crippen LogP contribution in [-0.2, 0) is 0 Å². The van der Waals surface area contributed by atoms with Crippen molar-refractivity contribution in [2.45, 2.75) is 24.7 Å². The molecule has 1 aromatic heterocycles. The normalized spacial score (nSPS) is 18.5. The first-order valence-corrected chi connectivity index (χ1v) is 10.9. The number of thiophene rings is 1. The van der Waals surface area contributed by atoms with Gasteiger partial charge in [-0.3, -0.25) is 0 Å². The molecule has 9 heteroatoms. The molecule has 0 aliphatic heterocycles. The van der Waals surface area contributed by atoms with E-state index in [0.29, 0.717) is 10.4 Å². The summed E-state index contributed by atoms with van der Waals surface area (Å²) in [7, 11) is 0. The summed E-state index contributed by atoms with van der Waals surface area (Å²) < 4.78 is 90.8. The van der Waals surface area contributed by atoms with Crippen molar-refractivity contribution in [3.05, 3.63) is 105 Å². The van der Waals surface area contributed by atoms with Gasteiger partial charge < -0.3 is 0 Å². The van der Waals surface area contributed by atoms with Gasteiger partial charge in [-0.15, -0.1) is 11.3 Å². The molecule has 0 saturated heterocycles. The summed E-state index contributed by atoms with van der Waals surface area (Å²) in [5.74, 6) is -16.5. The van der Waals surface area contributed by atoms with E-state index in [4.69, 9.17) is 6.57 Å². The molecule has 1 heterocycles. The second-order valence-electron chi connectivity index (χ2n) is 7.73. The van der Waals surface area contributed by atoms with E-state index in [1.807, 2.05) is 0 Å². The van der Waals surface area contributed by atoms with Gasteiger partial charge in [-0.2, -0.15) is 26.3 Å². The SMILES string of the molecule is [C-]#[N+]C(C#N)=C(C1=C(c2cc(-c3ccccc3)sc2C)C(F)(F)C(F)(F)C1(F)F)c1ccccc1. The van der Waals surface area contributed by atoms with Crippen LogP contribution in [-0.4, -0.2) is 17.8 Å². The Hall–Kier alpha value is -3.82. The first-order chi connectivity index (χ1) is 16.5. The molecule has 1 aliphatic rings. The van der Waals surface area contributed by atoms with Crippen molar-refractivity contribution in [3.8, 4) is 16.5 Å². The molecular weight excluding hydrogens is 486 g/mol. The number of nitrogens with zero attached hydrogens (tertiary/aromatic N) is 2. The van der Waals surface area contributed by atoms with Gasteiger partial charge >= 0.3 is 17.8 Å². The number of hydrogen-bond acceptors (Lipinski definition) is 2. The van der Waals surface area contributed by atoms with Crippen molar-refractivity contribution in [1.82, 2.24) is 0 Å². The average molecular weight is 500 g/mol. The van der Waals surface area contributed by atoms with Crippen molar-refractivity contribution in [2.24, 2.45) is 0 Å². The van der Waals surface area contributed by atoms with Gasteiger partial charge in [0, 0.05) is 26.5 Å². The van der Waals surface area contributed by atoms with Crippen LogP contribution in [0.4, 0.5) is 26.3 Å². The zero-order valence-corrected chi connectivity index (χ0v) is 18.7. The minimum atomic E-state index is -5.80. The Bertz CT molecular complexity index is 1420. The highest BCUT2D eigenvalue weighted by Crippen LogP contribution is 2.65. The number of benzene rings is 2. The lowest BCUT2D eigenvalue weighted by Gasteiger charge is -2.26. The highest BCUT2D eigenvalue weighted by molar-refractivity contribution is 7.15. The second-order valence-corrected chi connectivity index (χ2v) is 8.99. The van der Waals surface area contributed by atoms with Crippen molar-refractivity contribution in [1.29, 1.82) is 5.26 Å². The molecule has 0 bridgehead atoms. The Morgan fingerprint density at radius 2 is 1.49 bits per heavy atom. The fraction of sp³-hybridized carbons (Fsp3) is 0.154. The van der Waals surface area contributed by atoms with Gasteiger partial charge in [0.2, 0.25) is 0 Å². The van der Waals surface area contributed by atoms with Crippen LogP contribution < -0.4 is 0 Å². The van der Waals surface area contributed by atoms with Crippen LogP contribution in [0.1, 0.15) is 16.0 Å². The summed E-state index contributed by atoms with van der Waals surface area (Å²) in [6.07, 6.45) is 0. The lowest BCUT2D eigenvalue weighted by Crippen LogP contribution is -2.49. The fourth-order valence-corrected chi connectivity index (χ4v) is 5.06. The maximum atomic E-state index is 15.3. The molecule has 0 N–H and O–H groups in total. The van der Waals surface area contributed by atoms with E-state index in [1.165, 1.54) is 49.4 Å². The lowest BCUT2D eigenvalue weighted by atomic mass is 9.89. The third-order valence-electron chi connectivity index (χ3n) is 5.68. The van der Waals surface area contributed by atoms with Gasteiger partial charge in [-0.1, -0.05) is 60.7 Å². The molecule has 0 radical (unpaired) electrons. The number of nitriles is 1. The third kappa shape index (κ3) is 3.55. The van der Waals surface area contributed by atoms with Gasteiger partial charge in [0.15, 0.2) is 0 Å². The second kappa shape index (κ2) is 8.44. The molecule has 0 spiro atoms. The summed E-state index contributed by atoms with van der Waals surface area (Å²) in [5.41, 5.74) is -5.35. The number of halogens is 6. The summed E-state index contributed by atoms with van der Waals surface area (Å²) in [5, 5.41) is 9.45. The molecule has 2 aromatic carbocycles. The van der Waals surface area contributed by atoms with Gasteiger partial charge in [0.25, 0.3) is 5.70 Å². The number of hydrogen-bond donors (Lipinski definition) is 0. The Labute approximate surface area is 200 Å². The average Bonchev–Trinajstić information content (AvgIpc) is 3.26. The smallest absolute Gasteiger partial charge is 0.226 e. The van der Waals surface area contributed by atoms with Gasteiger partial charge in [-0.05, 0) is 29.7 Å². The van der Waals surface area contributed by atoms with Crippen molar-refractivity contribution < 1.29 is 26.3 Å². The van der Waals surface area contributed by atoms with E-state index in [9.17, 15) is 14.0 Å². The first-order valence-electron chi connectivity index (χ1n) is 10.1. The lowest BCUT2D eigenvalue weighted by molar-refractivity contribution is -0.258. The number of rotatable bonds is 4. The number of aryl methyl sites for hydroxylation is 1. The van der Waals surface area contributed by atoms with E-state index >= 15 is 17.6 Å². The van der Waals surface area contributed by atoms with Crippen LogP contribution in [0, 0.1) is 24.8 Å². The molecule has 0 unspecified atom stereocenters. The molecule has 0 atom stereocenters. The van der Waals surface area contributed by atoms with E-state index in [2.05, 4.69) is 4.85 Å². The Kier molecular flexibility index (Phi) is 5.86. The Morgan fingerprint density at radius 1 is 0.914 bits per heavy atom. The van der Waals surface area contributed by atoms with Gasteiger partial charge in [0.1, 0.15) is 0 Å². The monoisotopic (exact) mass is 500 g/mol. The minimum Gasteiger partial charge on any atom is -0.226 e. The van der Waals surface area contributed by atoms with E-state index in [0.717, 1.165) is 11.3 Å². The fourth-order valence-electron chi connectivity index (χ4n) is 4.03. The molecule has 0 amide bonds. The van der Waals surface area contributed by atoms with E-state index < -0.39 is 45.7 Å². The minimum absolute atomic E-state index is 0.109. The maximum absolute atomic E-state index is 15.3. The Morgan fingerprint density at radius 3 is 2.03 bits per heavy atom. The van der Waals surface area contributed by atoms with E-state index in [-0.39, 0.29) is 10.4 Å². The summed E-state index contributed by atoms with van der Waals surface area (Å²) >= 11 is 0.986. The number of alkyl halides is 6. The molecule has 176 valence electrons. The summed E-state index contributed by atoms with van der Waals surface area (Å²) in [4.78, 5) is 3.43. The van der Waals surface area contributed by atoms with Crippen LogP contribution in [0.2, 0.25) is 0 Å². The highest BCUT2D eigenvalue weighted by Gasteiger charge is 2.80. The molecule has 3 aromatic rings. The van der Waals surface area contributed by atoms with Crippen LogP contribution in [0.15, 0.2) is 78.0 Å². The standard InChI is InChI=1S/C26H14F6N2S/c1-15-18(13-20(35-15)16-9-5-3-6-10-16)22-23(25(29,30)26(31,32)24(22,27)28)21(19(14-33)34-2)17-11-7-4-8-12-17/h3-13H,1H3. The van der Waals surface area contributed by atoms with Crippen LogP contribution in [0.3, 0.4) is 0 Å². The first kappa shape index (κ1) is 24.3.